The number of pyridine rings is 1. The summed E-state index contributed by atoms with van der Waals surface area (Å²) >= 11 is 0. The molecule has 0 aromatic carbocycles. The highest BCUT2D eigenvalue weighted by Crippen LogP contribution is 2.19. The zero-order valence-corrected chi connectivity index (χ0v) is 10.6. The average molecular weight is 235 g/mol. The van der Waals surface area contributed by atoms with E-state index in [2.05, 4.69) is 35.2 Å². The van der Waals surface area contributed by atoms with Crippen LogP contribution in [0.15, 0.2) is 18.5 Å². The first-order valence-electron chi connectivity index (χ1n) is 6.31. The maximum atomic E-state index is 5.65. The lowest BCUT2D eigenvalue weighted by atomic mass is 10.2. The number of aromatic nitrogens is 1. The molecule has 0 saturated carbocycles. The Hall–Kier alpha value is -1.29. The maximum Gasteiger partial charge on any atom is 0.0750 e. The minimum atomic E-state index is 0.378. The monoisotopic (exact) mass is 235 g/mol. The van der Waals surface area contributed by atoms with Crippen LogP contribution in [-0.4, -0.2) is 37.8 Å². The van der Waals surface area contributed by atoms with Crippen molar-refractivity contribution >= 4 is 11.4 Å². The van der Waals surface area contributed by atoms with Crippen LogP contribution in [0.4, 0.5) is 11.4 Å². The summed E-state index contributed by atoms with van der Waals surface area (Å²) in [6.07, 6.45) is 6.49. The molecule has 2 heterocycles. The van der Waals surface area contributed by atoms with Gasteiger partial charge in [-0.25, -0.2) is 0 Å². The van der Waals surface area contributed by atoms with Gasteiger partial charge in [0.1, 0.15) is 0 Å². The Morgan fingerprint density at radius 2 is 2.41 bits per heavy atom. The summed E-state index contributed by atoms with van der Waals surface area (Å²) in [5, 5.41) is 3.28. The van der Waals surface area contributed by atoms with Crippen molar-refractivity contribution in [2.75, 3.05) is 37.0 Å². The Morgan fingerprint density at radius 1 is 1.53 bits per heavy atom. The number of ether oxygens (including phenoxy) is 1. The molecule has 1 fully saturated rings. The largest absolute Gasteiger partial charge is 0.384 e. The summed E-state index contributed by atoms with van der Waals surface area (Å²) in [4.78, 5) is 6.47. The molecule has 1 unspecified atom stereocenters. The zero-order chi connectivity index (χ0) is 12.1. The Bertz CT molecular complexity index is 350. The first kappa shape index (κ1) is 12.2. The summed E-state index contributed by atoms with van der Waals surface area (Å²) in [5.41, 5.74) is 2.21. The second-order valence-corrected chi connectivity index (χ2v) is 4.48. The summed E-state index contributed by atoms with van der Waals surface area (Å²) < 4.78 is 5.65. The molecule has 0 spiro atoms. The summed E-state index contributed by atoms with van der Waals surface area (Å²) in [6, 6.07) is 2.13. The quantitative estimate of drug-likeness (QED) is 0.848. The Morgan fingerprint density at radius 3 is 3.12 bits per heavy atom. The molecule has 0 radical (unpaired) electrons. The molecule has 1 aromatic heterocycles. The van der Waals surface area contributed by atoms with Gasteiger partial charge in [-0.1, -0.05) is 0 Å². The van der Waals surface area contributed by atoms with Gasteiger partial charge in [-0.05, 0) is 25.8 Å². The van der Waals surface area contributed by atoms with E-state index in [4.69, 9.17) is 4.74 Å². The minimum absolute atomic E-state index is 0.378. The van der Waals surface area contributed by atoms with E-state index in [0.29, 0.717) is 6.10 Å². The summed E-state index contributed by atoms with van der Waals surface area (Å²) in [7, 11) is 2.09. The van der Waals surface area contributed by atoms with Crippen LogP contribution in [0, 0.1) is 0 Å². The van der Waals surface area contributed by atoms with Crippen LogP contribution in [0.25, 0.3) is 0 Å². The van der Waals surface area contributed by atoms with Crippen LogP contribution >= 0.6 is 0 Å². The molecule has 1 N–H and O–H groups in total. The fraction of sp³-hybridized carbons (Fsp3) is 0.615. The van der Waals surface area contributed by atoms with Gasteiger partial charge in [-0.2, -0.15) is 0 Å². The van der Waals surface area contributed by atoms with E-state index >= 15 is 0 Å². The van der Waals surface area contributed by atoms with E-state index in [0.717, 1.165) is 31.1 Å². The van der Waals surface area contributed by atoms with E-state index in [1.165, 1.54) is 12.8 Å². The molecule has 1 aliphatic heterocycles. The summed E-state index contributed by atoms with van der Waals surface area (Å²) in [6.45, 7) is 4.86. The van der Waals surface area contributed by atoms with Crippen LogP contribution < -0.4 is 10.2 Å². The van der Waals surface area contributed by atoms with Gasteiger partial charge >= 0.3 is 0 Å². The third kappa shape index (κ3) is 3.33. The van der Waals surface area contributed by atoms with Gasteiger partial charge in [0, 0.05) is 26.7 Å². The standard InChI is InChI=1S/C13H21N3O/c1-3-15-11-7-12(9-14-8-11)16(2)10-13-5-4-6-17-13/h7-9,13,15H,3-6,10H2,1-2H3. The van der Waals surface area contributed by atoms with Gasteiger partial charge in [0.25, 0.3) is 0 Å². The van der Waals surface area contributed by atoms with Crippen molar-refractivity contribution in [1.29, 1.82) is 0 Å². The summed E-state index contributed by atoms with van der Waals surface area (Å²) in [5.74, 6) is 0. The third-order valence-electron chi connectivity index (χ3n) is 3.05. The van der Waals surface area contributed by atoms with Crippen molar-refractivity contribution in [2.45, 2.75) is 25.9 Å². The topological polar surface area (TPSA) is 37.4 Å². The van der Waals surface area contributed by atoms with Gasteiger partial charge in [0.15, 0.2) is 0 Å². The van der Waals surface area contributed by atoms with E-state index in [-0.39, 0.29) is 0 Å². The van der Waals surface area contributed by atoms with Crippen LogP contribution in [-0.2, 0) is 4.74 Å². The van der Waals surface area contributed by atoms with E-state index < -0.39 is 0 Å². The first-order chi connectivity index (χ1) is 8.29. The number of hydrogen-bond acceptors (Lipinski definition) is 4. The van der Waals surface area contributed by atoms with Gasteiger partial charge in [-0.3, -0.25) is 4.98 Å². The fourth-order valence-corrected chi connectivity index (χ4v) is 2.14. The normalized spacial score (nSPS) is 19.3. The SMILES string of the molecule is CCNc1cncc(N(C)CC2CCCO2)c1. The van der Waals surface area contributed by atoms with Crippen LogP contribution in [0.2, 0.25) is 0 Å². The van der Waals surface area contributed by atoms with Crippen LogP contribution in [0.5, 0.6) is 0 Å². The van der Waals surface area contributed by atoms with Gasteiger partial charge in [0.05, 0.1) is 29.9 Å². The van der Waals surface area contributed by atoms with Gasteiger partial charge in [0.2, 0.25) is 0 Å². The molecule has 1 atom stereocenters. The van der Waals surface area contributed by atoms with Crippen molar-refractivity contribution in [3.8, 4) is 0 Å². The van der Waals surface area contributed by atoms with E-state index in [1.54, 1.807) is 0 Å². The number of rotatable bonds is 5. The van der Waals surface area contributed by atoms with Crippen LogP contribution in [0.1, 0.15) is 19.8 Å². The predicted octanol–water partition coefficient (Wildman–Crippen LogP) is 2.13. The number of nitrogens with zero attached hydrogens (tertiary/aromatic N) is 2. The number of anilines is 2. The lowest BCUT2D eigenvalue weighted by Crippen LogP contribution is -2.28. The molecule has 4 nitrogen and oxygen atoms in total. The van der Waals surface area contributed by atoms with Crippen molar-refractivity contribution in [2.24, 2.45) is 0 Å². The maximum absolute atomic E-state index is 5.65. The second kappa shape index (κ2) is 5.87. The molecule has 1 aliphatic rings. The minimum Gasteiger partial charge on any atom is -0.384 e. The Kier molecular flexibility index (Phi) is 4.20. The van der Waals surface area contributed by atoms with Crippen molar-refractivity contribution in [3.05, 3.63) is 18.5 Å². The fourth-order valence-electron chi connectivity index (χ4n) is 2.14. The number of nitrogens with one attached hydrogen (secondary N) is 1. The molecule has 0 bridgehead atoms. The number of likely N-dealkylation sites (N-methyl/N-ethyl adjacent to an activating group) is 1. The molecule has 0 aliphatic carbocycles. The Balaban J connectivity index is 1.97. The first-order valence-corrected chi connectivity index (χ1v) is 6.31. The molecule has 4 heteroatoms. The smallest absolute Gasteiger partial charge is 0.0750 e. The highest BCUT2D eigenvalue weighted by Gasteiger charge is 2.17. The molecule has 1 aromatic rings. The zero-order valence-electron chi connectivity index (χ0n) is 10.6. The molecular weight excluding hydrogens is 214 g/mol. The Labute approximate surface area is 103 Å². The number of hydrogen-bond donors (Lipinski definition) is 1. The highest BCUT2D eigenvalue weighted by molar-refractivity contribution is 5.55. The van der Waals surface area contributed by atoms with Gasteiger partial charge < -0.3 is 15.0 Å². The van der Waals surface area contributed by atoms with Gasteiger partial charge in [-0.15, -0.1) is 0 Å². The second-order valence-electron chi connectivity index (χ2n) is 4.48. The molecule has 17 heavy (non-hydrogen) atoms. The van der Waals surface area contributed by atoms with Crippen molar-refractivity contribution in [3.63, 3.8) is 0 Å². The lowest BCUT2D eigenvalue weighted by Gasteiger charge is -2.22. The molecule has 0 amide bonds. The van der Waals surface area contributed by atoms with Crippen molar-refractivity contribution in [1.82, 2.24) is 4.98 Å². The predicted molar refractivity (Wildman–Crippen MR) is 70.6 cm³/mol. The van der Waals surface area contributed by atoms with E-state index in [1.807, 2.05) is 12.4 Å². The highest BCUT2D eigenvalue weighted by atomic mass is 16.5. The van der Waals surface area contributed by atoms with Crippen molar-refractivity contribution < 1.29 is 4.74 Å². The average Bonchev–Trinajstić information content (AvgIpc) is 2.83. The third-order valence-corrected chi connectivity index (χ3v) is 3.05. The molecule has 94 valence electrons. The molecule has 2 rings (SSSR count). The molecule has 1 saturated heterocycles. The van der Waals surface area contributed by atoms with Crippen LogP contribution in [0.3, 0.4) is 0 Å². The van der Waals surface area contributed by atoms with E-state index in [9.17, 15) is 0 Å². The lowest BCUT2D eigenvalue weighted by molar-refractivity contribution is 0.116. The molecular formula is C13H21N3O.